The van der Waals surface area contributed by atoms with Gasteiger partial charge in [0, 0.05) is 11.5 Å². The summed E-state index contributed by atoms with van der Waals surface area (Å²) in [5.74, 6) is 0.827. The molecule has 1 unspecified atom stereocenters. The molecule has 1 atom stereocenters. The third kappa shape index (κ3) is 1.97. The maximum atomic E-state index is 6.26. The predicted octanol–water partition coefficient (Wildman–Crippen LogP) is 2.20. The highest BCUT2D eigenvalue weighted by Gasteiger charge is 2.47. The molecule has 0 aromatic heterocycles. The molecule has 1 aromatic carbocycles. The first kappa shape index (κ1) is 11.9. The highest BCUT2D eigenvalue weighted by Crippen LogP contribution is 2.53. The van der Waals surface area contributed by atoms with Crippen LogP contribution in [0.25, 0.3) is 0 Å². The van der Waals surface area contributed by atoms with Gasteiger partial charge in [0.2, 0.25) is 0 Å². The summed E-state index contributed by atoms with van der Waals surface area (Å²) in [6.07, 6.45) is 2.27. The van der Waals surface area contributed by atoms with Crippen LogP contribution in [0.15, 0.2) is 22.7 Å². The third-order valence-corrected chi connectivity index (χ3v) is 4.11. The van der Waals surface area contributed by atoms with Gasteiger partial charge in [-0.2, -0.15) is 0 Å². The van der Waals surface area contributed by atoms with Crippen LogP contribution in [0.2, 0.25) is 0 Å². The normalized spacial score (nSPS) is 19.2. The Kier molecular flexibility index (Phi) is 3.24. The number of methoxy groups -OCH3 is 1. The summed E-state index contributed by atoms with van der Waals surface area (Å²) in [6.45, 7) is 0.664. The molecule has 4 heteroatoms. The summed E-state index contributed by atoms with van der Waals surface area (Å²) in [4.78, 5) is 0. The first-order valence-electron chi connectivity index (χ1n) is 5.42. The lowest BCUT2D eigenvalue weighted by Gasteiger charge is -2.22. The molecule has 0 bridgehead atoms. The summed E-state index contributed by atoms with van der Waals surface area (Å²) in [5, 5.41) is 0. The summed E-state index contributed by atoms with van der Waals surface area (Å²) in [5.41, 5.74) is 13.3. The zero-order valence-electron chi connectivity index (χ0n) is 9.37. The Hall–Kier alpha value is -0.580. The molecule has 0 saturated heterocycles. The van der Waals surface area contributed by atoms with Crippen molar-refractivity contribution in [3.63, 3.8) is 0 Å². The fourth-order valence-corrected chi connectivity index (χ4v) is 2.59. The van der Waals surface area contributed by atoms with Crippen molar-refractivity contribution in [1.29, 1.82) is 0 Å². The minimum absolute atomic E-state index is 0.0275. The largest absolute Gasteiger partial charge is 0.496 e. The van der Waals surface area contributed by atoms with Crippen molar-refractivity contribution in [2.45, 2.75) is 18.9 Å². The lowest BCUT2D eigenvalue weighted by Crippen LogP contribution is -2.29. The van der Waals surface area contributed by atoms with Crippen molar-refractivity contribution < 1.29 is 4.74 Å². The number of halogens is 1. The summed E-state index contributed by atoms with van der Waals surface area (Å²) < 4.78 is 6.14. The molecule has 16 heavy (non-hydrogen) atoms. The van der Waals surface area contributed by atoms with Crippen LogP contribution in [0.1, 0.15) is 24.4 Å². The average molecular weight is 285 g/mol. The number of nitrogens with two attached hydrogens (primary N) is 2. The third-order valence-electron chi connectivity index (χ3n) is 3.49. The van der Waals surface area contributed by atoms with Gasteiger partial charge in [0.1, 0.15) is 5.75 Å². The molecular formula is C12H17BrN2O. The van der Waals surface area contributed by atoms with E-state index in [1.165, 1.54) is 0 Å². The van der Waals surface area contributed by atoms with E-state index in [1.54, 1.807) is 7.11 Å². The topological polar surface area (TPSA) is 61.3 Å². The Labute approximate surface area is 104 Å². The summed E-state index contributed by atoms with van der Waals surface area (Å²) >= 11 is 3.47. The van der Waals surface area contributed by atoms with Crippen molar-refractivity contribution in [2.75, 3.05) is 13.7 Å². The molecule has 1 aliphatic carbocycles. The number of rotatable bonds is 4. The van der Waals surface area contributed by atoms with Crippen LogP contribution in [0.3, 0.4) is 0 Å². The molecule has 0 radical (unpaired) electrons. The van der Waals surface area contributed by atoms with Gasteiger partial charge >= 0.3 is 0 Å². The molecule has 1 fully saturated rings. The molecule has 0 spiro atoms. The Morgan fingerprint density at radius 1 is 1.50 bits per heavy atom. The van der Waals surface area contributed by atoms with Gasteiger partial charge in [-0.05, 0) is 53.0 Å². The molecular weight excluding hydrogens is 268 g/mol. The van der Waals surface area contributed by atoms with Crippen LogP contribution in [-0.2, 0) is 0 Å². The molecule has 1 aliphatic rings. The molecule has 0 amide bonds. The number of ether oxygens (including phenoxy) is 1. The van der Waals surface area contributed by atoms with Crippen molar-refractivity contribution in [3.05, 3.63) is 28.2 Å². The molecule has 2 rings (SSSR count). The highest BCUT2D eigenvalue weighted by atomic mass is 79.9. The Morgan fingerprint density at radius 3 is 2.62 bits per heavy atom. The average Bonchev–Trinajstić information content (AvgIpc) is 3.09. The number of benzene rings is 1. The highest BCUT2D eigenvalue weighted by molar-refractivity contribution is 9.10. The predicted molar refractivity (Wildman–Crippen MR) is 68.3 cm³/mol. The Morgan fingerprint density at radius 2 is 2.19 bits per heavy atom. The van der Waals surface area contributed by atoms with E-state index < -0.39 is 0 Å². The van der Waals surface area contributed by atoms with Gasteiger partial charge in [0.05, 0.1) is 11.6 Å². The molecule has 4 N–H and O–H groups in total. The monoisotopic (exact) mass is 284 g/mol. The molecule has 3 nitrogen and oxygen atoms in total. The van der Waals surface area contributed by atoms with E-state index in [0.29, 0.717) is 6.54 Å². The van der Waals surface area contributed by atoms with Gasteiger partial charge in [-0.1, -0.05) is 6.07 Å². The lowest BCUT2D eigenvalue weighted by atomic mass is 9.91. The minimum atomic E-state index is 0.0275. The molecule has 1 aromatic rings. The van der Waals surface area contributed by atoms with Gasteiger partial charge in [-0.25, -0.2) is 0 Å². The van der Waals surface area contributed by atoms with Crippen LogP contribution < -0.4 is 16.2 Å². The van der Waals surface area contributed by atoms with E-state index in [1.807, 2.05) is 18.2 Å². The van der Waals surface area contributed by atoms with Gasteiger partial charge in [0.25, 0.3) is 0 Å². The Balaban J connectivity index is 2.24. The maximum Gasteiger partial charge on any atom is 0.133 e. The summed E-state index contributed by atoms with van der Waals surface area (Å²) in [7, 11) is 1.65. The van der Waals surface area contributed by atoms with Crippen molar-refractivity contribution in [1.82, 2.24) is 0 Å². The second kappa shape index (κ2) is 4.35. The molecule has 0 aliphatic heterocycles. The van der Waals surface area contributed by atoms with E-state index in [4.69, 9.17) is 16.2 Å². The smallest absolute Gasteiger partial charge is 0.133 e. The van der Waals surface area contributed by atoms with Crippen LogP contribution in [-0.4, -0.2) is 13.7 Å². The van der Waals surface area contributed by atoms with Crippen LogP contribution in [0.5, 0.6) is 5.75 Å². The van der Waals surface area contributed by atoms with Gasteiger partial charge < -0.3 is 16.2 Å². The van der Waals surface area contributed by atoms with E-state index >= 15 is 0 Å². The zero-order valence-corrected chi connectivity index (χ0v) is 11.0. The van der Waals surface area contributed by atoms with Gasteiger partial charge in [0.15, 0.2) is 0 Å². The molecule has 1 saturated carbocycles. The summed E-state index contributed by atoms with van der Waals surface area (Å²) in [6, 6.07) is 6.01. The SMILES string of the molecule is COc1ccc(C(N)C2(CN)CC2)cc1Br. The minimum Gasteiger partial charge on any atom is -0.496 e. The van der Waals surface area contributed by atoms with Crippen LogP contribution in [0, 0.1) is 5.41 Å². The van der Waals surface area contributed by atoms with Crippen molar-refractivity contribution >= 4 is 15.9 Å². The zero-order chi connectivity index (χ0) is 11.8. The van der Waals surface area contributed by atoms with Crippen molar-refractivity contribution in [3.8, 4) is 5.75 Å². The standard InChI is InChI=1S/C12H17BrN2O/c1-16-10-3-2-8(6-9(10)13)11(15)12(7-14)4-5-12/h2-3,6,11H,4-5,7,14-15H2,1H3. The van der Waals surface area contributed by atoms with Crippen LogP contribution in [0.4, 0.5) is 0 Å². The van der Waals surface area contributed by atoms with E-state index in [9.17, 15) is 0 Å². The van der Waals surface area contributed by atoms with Crippen molar-refractivity contribution in [2.24, 2.45) is 16.9 Å². The lowest BCUT2D eigenvalue weighted by molar-refractivity contribution is 0.406. The second-order valence-electron chi connectivity index (χ2n) is 4.44. The first-order valence-corrected chi connectivity index (χ1v) is 6.21. The van der Waals surface area contributed by atoms with Gasteiger partial charge in [-0.15, -0.1) is 0 Å². The van der Waals surface area contributed by atoms with Crippen LogP contribution >= 0.6 is 15.9 Å². The van der Waals surface area contributed by atoms with E-state index in [0.717, 1.165) is 28.6 Å². The van der Waals surface area contributed by atoms with E-state index in [2.05, 4.69) is 15.9 Å². The quantitative estimate of drug-likeness (QED) is 0.891. The maximum absolute atomic E-state index is 6.26. The fraction of sp³-hybridized carbons (Fsp3) is 0.500. The second-order valence-corrected chi connectivity index (χ2v) is 5.29. The first-order chi connectivity index (χ1) is 7.63. The number of hydrogen-bond acceptors (Lipinski definition) is 3. The molecule has 88 valence electrons. The number of hydrogen-bond donors (Lipinski definition) is 2. The van der Waals surface area contributed by atoms with E-state index in [-0.39, 0.29) is 11.5 Å². The fourth-order valence-electron chi connectivity index (χ4n) is 2.03. The van der Waals surface area contributed by atoms with Gasteiger partial charge in [-0.3, -0.25) is 0 Å². The Bertz CT molecular complexity index is 391. The molecule has 0 heterocycles.